The topological polar surface area (TPSA) is 40.1 Å². The van der Waals surface area contributed by atoms with Gasteiger partial charge in [0, 0.05) is 0 Å². The quantitative estimate of drug-likeness (QED) is 0.403. The monoisotopic (exact) mass is 341 g/mol. The van der Waals surface area contributed by atoms with Crippen LogP contribution in [0.3, 0.4) is 0 Å². The molecular formula is C6H13O2S2Se2-. The van der Waals surface area contributed by atoms with Crippen LogP contribution in [0, 0.1) is 0 Å². The van der Waals surface area contributed by atoms with Gasteiger partial charge in [0.05, 0.1) is 0 Å². The molecule has 6 heteroatoms. The minimum absolute atomic E-state index is 0.424. The standard InChI is InChI=1S/C6H14O2S2Se2/c7-12(8)6-2-1-5-11-10-4-3-9/h9H,1-6H2,(H,7,8)/p-1. The summed E-state index contributed by atoms with van der Waals surface area (Å²) >= 11 is 2.11. The fourth-order valence-corrected chi connectivity index (χ4v) is 6.17. The Bertz CT molecular complexity index is 124. The summed E-state index contributed by atoms with van der Waals surface area (Å²) in [5.74, 6) is 2.07. The van der Waals surface area contributed by atoms with Crippen molar-refractivity contribution in [3.63, 3.8) is 0 Å². The summed E-state index contributed by atoms with van der Waals surface area (Å²) in [5, 5.41) is 1.62. The maximum absolute atomic E-state index is 10.2. The van der Waals surface area contributed by atoms with Crippen LogP contribution in [0.2, 0.25) is 10.6 Å². The summed E-state index contributed by atoms with van der Waals surface area (Å²) in [4.78, 5) is 0. The Morgan fingerprint density at radius 2 is 2.25 bits per heavy atom. The van der Waals surface area contributed by atoms with Gasteiger partial charge < -0.3 is 0 Å². The molecule has 0 spiro atoms. The van der Waals surface area contributed by atoms with E-state index < -0.39 is 14.2 Å². The van der Waals surface area contributed by atoms with Crippen LogP contribution in [0.4, 0.5) is 0 Å². The van der Waals surface area contributed by atoms with Crippen molar-refractivity contribution in [2.75, 3.05) is 11.5 Å². The van der Waals surface area contributed by atoms with Crippen LogP contribution in [-0.4, -0.2) is 39.5 Å². The normalized spacial score (nSPS) is 13.2. The number of hydrogen-bond donors (Lipinski definition) is 1. The molecule has 0 aliphatic heterocycles. The fourth-order valence-electron chi connectivity index (χ4n) is 0.536. The zero-order chi connectivity index (χ0) is 9.23. The molecule has 0 N–H and O–H groups in total. The van der Waals surface area contributed by atoms with Crippen LogP contribution in [0.1, 0.15) is 12.8 Å². The summed E-state index contributed by atoms with van der Waals surface area (Å²) in [6.45, 7) is 0. The van der Waals surface area contributed by atoms with E-state index >= 15 is 0 Å². The predicted octanol–water partition coefficient (Wildman–Crippen LogP) is 0.746. The third-order valence-electron chi connectivity index (χ3n) is 1.05. The van der Waals surface area contributed by atoms with Crippen LogP contribution < -0.4 is 4.19 Å². The zero-order valence-electron chi connectivity index (χ0n) is 6.73. The second-order valence-corrected chi connectivity index (χ2v) is 9.36. The van der Waals surface area contributed by atoms with Crippen molar-refractivity contribution in [3.05, 3.63) is 0 Å². The molecule has 0 aliphatic rings. The molecule has 74 valence electrons. The summed E-state index contributed by atoms with van der Waals surface area (Å²) in [5.41, 5.74) is 0. The van der Waals surface area contributed by atoms with Crippen LogP contribution in [-0.2, 0) is 3.83 Å². The molecule has 0 amide bonds. The molecule has 2 nitrogen and oxygen atoms in total. The van der Waals surface area contributed by atoms with Crippen LogP contribution in [0.5, 0.6) is 0 Å². The summed E-state index contributed by atoms with van der Waals surface area (Å²) in [6, 6.07) is 0. The second kappa shape index (κ2) is 10.6. The van der Waals surface area contributed by atoms with E-state index in [4.69, 9.17) is 0 Å². The first-order chi connectivity index (χ1) is 5.77. The Morgan fingerprint density at radius 3 is 2.83 bits per heavy atom. The number of thiol groups is 1. The van der Waals surface area contributed by atoms with Gasteiger partial charge in [-0.15, -0.1) is 0 Å². The van der Waals surface area contributed by atoms with E-state index in [0.29, 0.717) is 19.2 Å². The number of unbranched alkanes of at least 4 members (excludes halogenated alkanes) is 1. The molecule has 0 aromatic heterocycles. The van der Waals surface area contributed by atoms with Gasteiger partial charge in [-0.1, -0.05) is 0 Å². The van der Waals surface area contributed by atoms with Crippen molar-refractivity contribution in [1.29, 1.82) is 0 Å². The Hall–Kier alpha value is 1.50. The molecule has 12 heavy (non-hydrogen) atoms. The van der Waals surface area contributed by atoms with Gasteiger partial charge in [0.2, 0.25) is 0 Å². The summed E-state index contributed by atoms with van der Waals surface area (Å²) < 4.78 is 20.4. The minimum atomic E-state index is -2.63. The van der Waals surface area contributed by atoms with Gasteiger partial charge >= 0.3 is 93.8 Å². The van der Waals surface area contributed by atoms with Crippen molar-refractivity contribution in [1.82, 2.24) is 0 Å². The Labute approximate surface area is 93.3 Å². The second-order valence-electron chi connectivity index (χ2n) is 2.08. The van der Waals surface area contributed by atoms with E-state index in [2.05, 4.69) is 12.6 Å². The van der Waals surface area contributed by atoms with Gasteiger partial charge in [0.1, 0.15) is 0 Å². The van der Waals surface area contributed by atoms with Crippen LogP contribution >= 0.6 is 22.8 Å². The third-order valence-corrected chi connectivity index (χ3v) is 7.33. The van der Waals surface area contributed by atoms with E-state index in [-0.39, 0.29) is 0 Å². The van der Waals surface area contributed by atoms with Crippen molar-refractivity contribution < 1.29 is 8.02 Å². The Morgan fingerprint density at radius 1 is 1.50 bits per heavy atom. The van der Waals surface area contributed by atoms with Gasteiger partial charge in [-0.25, -0.2) is 0 Å². The average molecular weight is 339 g/mol. The third kappa shape index (κ3) is 11.5. The van der Waals surface area contributed by atoms with Crippen molar-refractivity contribution >= 4 is 50.8 Å². The number of rotatable bonds is 8. The van der Waals surface area contributed by atoms with Gasteiger partial charge in [-0.05, 0) is 0 Å². The number of hydrogen-bond acceptors (Lipinski definition) is 4. The molecule has 0 saturated heterocycles. The molecule has 1 atom stereocenters. The molecule has 0 heterocycles. The molecule has 0 aromatic rings. The SMILES string of the molecule is O=[Se]([O-])CCCC[Se]SCCS. The molecule has 0 aliphatic carbocycles. The van der Waals surface area contributed by atoms with Crippen LogP contribution in [0.15, 0.2) is 0 Å². The molecule has 0 saturated carbocycles. The molecule has 0 rings (SSSR count). The zero-order valence-corrected chi connectivity index (χ0v) is 11.9. The average Bonchev–Trinajstić information content (AvgIpc) is 2.02. The van der Waals surface area contributed by atoms with Gasteiger partial charge in [0.15, 0.2) is 0 Å². The first-order valence-corrected chi connectivity index (χ1v) is 11.1. The Kier molecular flexibility index (Phi) is 11.9. The molecular weight excluding hydrogens is 326 g/mol. The van der Waals surface area contributed by atoms with E-state index in [0.717, 1.165) is 24.3 Å². The molecule has 0 fully saturated rings. The van der Waals surface area contributed by atoms with Crippen molar-refractivity contribution in [2.24, 2.45) is 0 Å². The van der Waals surface area contributed by atoms with E-state index in [9.17, 15) is 8.02 Å². The predicted molar refractivity (Wildman–Crippen MR) is 57.4 cm³/mol. The van der Waals surface area contributed by atoms with Gasteiger partial charge in [-0.2, -0.15) is 0 Å². The molecule has 0 radical (unpaired) electrons. The van der Waals surface area contributed by atoms with Gasteiger partial charge in [0.25, 0.3) is 0 Å². The first kappa shape index (κ1) is 13.5. The maximum atomic E-state index is 10.2. The van der Waals surface area contributed by atoms with E-state index in [1.165, 1.54) is 5.32 Å². The van der Waals surface area contributed by atoms with Crippen molar-refractivity contribution in [2.45, 2.75) is 23.5 Å². The van der Waals surface area contributed by atoms with Crippen molar-refractivity contribution in [3.8, 4) is 0 Å². The molecule has 0 aromatic carbocycles. The van der Waals surface area contributed by atoms with E-state index in [1.54, 1.807) is 0 Å². The summed E-state index contributed by atoms with van der Waals surface area (Å²) in [7, 11) is 1.95. The summed E-state index contributed by atoms with van der Waals surface area (Å²) in [6.07, 6.45) is 1.94. The fraction of sp³-hybridized carbons (Fsp3) is 1.00. The van der Waals surface area contributed by atoms with Gasteiger partial charge in [-0.3, -0.25) is 0 Å². The van der Waals surface area contributed by atoms with E-state index in [1.807, 2.05) is 10.2 Å². The first-order valence-electron chi connectivity index (χ1n) is 3.68. The van der Waals surface area contributed by atoms with Crippen LogP contribution in [0.25, 0.3) is 0 Å². The molecule has 0 bridgehead atoms. The Balaban J connectivity index is 2.86. The molecule has 1 unspecified atom stereocenters.